The summed E-state index contributed by atoms with van der Waals surface area (Å²) in [6.45, 7) is 4.86. The van der Waals surface area contributed by atoms with Crippen molar-refractivity contribution in [2.24, 2.45) is 0 Å². The fourth-order valence-corrected chi connectivity index (χ4v) is 3.05. The van der Waals surface area contributed by atoms with E-state index in [0.29, 0.717) is 12.6 Å². The monoisotopic (exact) mass is 305 g/mol. The molecule has 2 rings (SSSR count). The van der Waals surface area contributed by atoms with Crippen molar-refractivity contribution in [1.29, 1.82) is 0 Å². The van der Waals surface area contributed by atoms with Gasteiger partial charge in [0.1, 0.15) is 0 Å². The van der Waals surface area contributed by atoms with Crippen molar-refractivity contribution in [2.45, 2.75) is 38.3 Å². The molecule has 1 aromatic carbocycles. The highest BCUT2D eigenvalue weighted by molar-refractivity contribution is 5.74. The van der Waals surface area contributed by atoms with Crippen LogP contribution in [-0.2, 0) is 0 Å². The number of likely N-dealkylation sites (tertiary alicyclic amines) is 1. The molecule has 0 spiro atoms. The van der Waals surface area contributed by atoms with Crippen molar-refractivity contribution in [3.05, 3.63) is 35.9 Å². The van der Waals surface area contributed by atoms with Crippen LogP contribution >= 0.6 is 0 Å². The SMILES string of the molecule is CCN1CCCCC1CNC(=O)NC(CO)c1ccccc1. The zero-order valence-corrected chi connectivity index (χ0v) is 13.3. The summed E-state index contributed by atoms with van der Waals surface area (Å²) in [5.41, 5.74) is 0.910. The summed E-state index contributed by atoms with van der Waals surface area (Å²) >= 11 is 0. The molecule has 1 fully saturated rings. The number of aliphatic hydroxyl groups excluding tert-OH is 1. The first kappa shape index (κ1) is 16.8. The number of rotatable bonds is 6. The van der Waals surface area contributed by atoms with Gasteiger partial charge < -0.3 is 15.7 Å². The summed E-state index contributed by atoms with van der Waals surface area (Å²) in [4.78, 5) is 14.5. The van der Waals surface area contributed by atoms with E-state index in [1.54, 1.807) is 0 Å². The number of amides is 2. The minimum atomic E-state index is -0.366. The van der Waals surface area contributed by atoms with Crippen LogP contribution in [-0.4, -0.2) is 48.3 Å². The van der Waals surface area contributed by atoms with E-state index >= 15 is 0 Å². The third-order valence-corrected chi connectivity index (χ3v) is 4.34. The number of nitrogens with one attached hydrogen (secondary N) is 2. The van der Waals surface area contributed by atoms with Gasteiger partial charge in [-0.2, -0.15) is 0 Å². The van der Waals surface area contributed by atoms with Crippen LogP contribution < -0.4 is 10.6 Å². The minimum absolute atomic E-state index is 0.109. The van der Waals surface area contributed by atoms with Gasteiger partial charge >= 0.3 is 6.03 Å². The Kier molecular flexibility index (Phi) is 6.68. The number of piperidine rings is 1. The number of likely N-dealkylation sites (N-methyl/N-ethyl adjacent to an activating group) is 1. The van der Waals surface area contributed by atoms with E-state index in [9.17, 15) is 9.90 Å². The van der Waals surface area contributed by atoms with Gasteiger partial charge in [-0.05, 0) is 31.5 Å². The van der Waals surface area contributed by atoms with Crippen LogP contribution in [0.1, 0.15) is 37.8 Å². The lowest BCUT2D eigenvalue weighted by molar-refractivity contribution is 0.152. The Hall–Kier alpha value is -1.59. The van der Waals surface area contributed by atoms with Crippen LogP contribution in [0.2, 0.25) is 0 Å². The molecule has 5 heteroatoms. The average molecular weight is 305 g/mol. The second kappa shape index (κ2) is 8.76. The first-order valence-electron chi connectivity index (χ1n) is 8.18. The topological polar surface area (TPSA) is 64.6 Å². The minimum Gasteiger partial charge on any atom is -0.394 e. The second-order valence-electron chi connectivity index (χ2n) is 5.78. The number of hydrogen-bond acceptors (Lipinski definition) is 3. The molecule has 2 atom stereocenters. The number of nitrogens with zero attached hydrogens (tertiary/aromatic N) is 1. The molecule has 0 bridgehead atoms. The van der Waals surface area contributed by atoms with Crippen molar-refractivity contribution in [1.82, 2.24) is 15.5 Å². The Morgan fingerprint density at radius 2 is 2.14 bits per heavy atom. The number of aliphatic hydroxyl groups is 1. The lowest BCUT2D eigenvalue weighted by atomic mass is 10.0. The molecule has 1 aliphatic heterocycles. The van der Waals surface area contributed by atoms with Crippen molar-refractivity contribution in [3.63, 3.8) is 0 Å². The van der Waals surface area contributed by atoms with Crippen LogP contribution in [0.25, 0.3) is 0 Å². The molecule has 0 radical (unpaired) electrons. The van der Waals surface area contributed by atoms with E-state index < -0.39 is 0 Å². The van der Waals surface area contributed by atoms with E-state index in [0.717, 1.165) is 25.1 Å². The van der Waals surface area contributed by atoms with Crippen LogP contribution in [0.3, 0.4) is 0 Å². The molecule has 122 valence electrons. The lowest BCUT2D eigenvalue weighted by Gasteiger charge is -2.35. The van der Waals surface area contributed by atoms with Gasteiger partial charge in [-0.1, -0.05) is 43.7 Å². The quantitative estimate of drug-likeness (QED) is 0.752. The molecule has 1 aliphatic rings. The Labute approximate surface area is 132 Å². The van der Waals surface area contributed by atoms with Crippen molar-refractivity contribution >= 4 is 6.03 Å². The molecule has 0 aromatic heterocycles. The summed E-state index contributed by atoms with van der Waals surface area (Å²) in [6.07, 6.45) is 3.61. The fourth-order valence-electron chi connectivity index (χ4n) is 3.05. The van der Waals surface area contributed by atoms with Crippen LogP contribution in [0.4, 0.5) is 4.79 Å². The molecule has 2 amide bonds. The van der Waals surface area contributed by atoms with Crippen molar-refractivity contribution in [2.75, 3.05) is 26.2 Å². The second-order valence-corrected chi connectivity index (χ2v) is 5.78. The molecule has 22 heavy (non-hydrogen) atoms. The normalized spacial score (nSPS) is 20.4. The maximum Gasteiger partial charge on any atom is 0.315 e. The predicted octanol–water partition coefficient (Wildman–Crippen LogP) is 1.89. The van der Waals surface area contributed by atoms with E-state index in [4.69, 9.17) is 0 Å². The molecule has 1 saturated heterocycles. The van der Waals surface area contributed by atoms with E-state index in [1.165, 1.54) is 12.8 Å². The van der Waals surface area contributed by atoms with Gasteiger partial charge in [-0.25, -0.2) is 4.79 Å². The number of hydrogen-bond donors (Lipinski definition) is 3. The third-order valence-electron chi connectivity index (χ3n) is 4.34. The Morgan fingerprint density at radius 1 is 1.36 bits per heavy atom. The summed E-state index contributed by atoms with van der Waals surface area (Å²) in [6, 6.07) is 9.37. The fraction of sp³-hybridized carbons (Fsp3) is 0.588. The largest absolute Gasteiger partial charge is 0.394 e. The molecule has 0 saturated carbocycles. The zero-order valence-electron chi connectivity index (χ0n) is 13.3. The molecule has 0 aliphatic carbocycles. The van der Waals surface area contributed by atoms with E-state index in [1.807, 2.05) is 30.3 Å². The lowest BCUT2D eigenvalue weighted by Crippen LogP contribution is -2.49. The first-order chi connectivity index (χ1) is 10.7. The van der Waals surface area contributed by atoms with Crippen molar-refractivity contribution < 1.29 is 9.90 Å². The van der Waals surface area contributed by atoms with Gasteiger partial charge in [0.05, 0.1) is 12.6 Å². The smallest absolute Gasteiger partial charge is 0.315 e. The van der Waals surface area contributed by atoms with E-state index in [2.05, 4.69) is 22.5 Å². The number of urea groups is 1. The maximum atomic E-state index is 12.1. The van der Waals surface area contributed by atoms with Gasteiger partial charge in [-0.3, -0.25) is 4.90 Å². The number of carbonyl (C=O) groups excluding carboxylic acids is 1. The highest BCUT2D eigenvalue weighted by Crippen LogP contribution is 2.16. The molecular weight excluding hydrogens is 278 g/mol. The third kappa shape index (κ3) is 4.71. The van der Waals surface area contributed by atoms with Crippen molar-refractivity contribution in [3.8, 4) is 0 Å². The van der Waals surface area contributed by atoms with Crippen LogP contribution in [0.5, 0.6) is 0 Å². The average Bonchev–Trinajstić information content (AvgIpc) is 2.58. The maximum absolute atomic E-state index is 12.1. The van der Waals surface area contributed by atoms with Crippen LogP contribution in [0, 0.1) is 0 Å². The molecule has 1 heterocycles. The molecule has 2 unspecified atom stereocenters. The van der Waals surface area contributed by atoms with Gasteiger partial charge in [-0.15, -0.1) is 0 Å². The Balaban J connectivity index is 1.81. The van der Waals surface area contributed by atoms with Gasteiger partial charge in [0.15, 0.2) is 0 Å². The summed E-state index contributed by atoms with van der Waals surface area (Å²) in [7, 11) is 0. The standard InChI is InChI=1S/C17H27N3O2/c1-2-20-11-7-6-10-15(20)12-18-17(22)19-16(13-21)14-8-4-3-5-9-14/h3-5,8-9,15-16,21H,2,6-7,10-13H2,1H3,(H2,18,19,22). The molecule has 3 N–H and O–H groups in total. The summed E-state index contributed by atoms with van der Waals surface area (Å²) < 4.78 is 0. The number of carbonyl (C=O) groups is 1. The van der Waals surface area contributed by atoms with Gasteiger partial charge in [0, 0.05) is 12.6 Å². The first-order valence-corrected chi connectivity index (χ1v) is 8.18. The van der Waals surface area contributed by atoms with Gasteiger partial charge in [0.25, 0.3) is 0 Å². The van der Waals surface area contributed by atoms with Crippen LogP contribution in [0.15, 0.2) is 30.3 Å². The Morgan fingerprint density at radius 3 is 2.82 bits per heavy atom. The zero-order chi connectivity index (χ0) is 15.8. The molecule has 5 nitrogen and oxygen atoms in total. The highest BCUT2D eigenvalue weighted by Gasteiger charge is 2.21. The Bertz CT molecular complexity index is 452. The predicted molar refractivity (Wildman–Crippen MR) is 87.7 cm³/mol. The highest BCUT2D eigenvalue weighted by atomic mass is 16.3. The number of benzene rings is 1. The van der Waals surface area contributed by atoms with E-state index in [-0.39, 0.29) is 18.7 Å². The van der Waals surface area contributed by atoms with Gasteiger partial charge in [0.2, 0.25) is 0 Å². The summed E-state index contributed by atoms with van der Waals surface area (Å²) in [5, 5.41) is 15.3. The summed E-state index contributed by atoms with van der Waals surface area (Å²) in [5.74, 6) is 0. The molecular formula is C17H27N3O2. The molecule has 1 aromatic rings.